The summed E-state index contributed by atoms with van der Waals surface area (Å²) in [7, 11) is 2.16. The predicted molar refractivity (Wildman–Crippen MR) is 66.1 cm³/mol. The van der Waals surface area contributed by atoms with Crippen LogP contribution in [0.5, 0.6) is 0 Å². The zero-order valence-corrected chi connectivity index (χ0v) is 9.87. The molecule has 2 heteroatoms. The number of hydrogen-bond acceptors (Lipinski definition) is 2. The fraction of sp³-hybridized carbons (Fsp3) is 0.538. The Balaban J connectivity index is 2.42. The first-order valence-electron chi connectivity index (χ1n) is 5.72. The zero-order chi connectivity index (χ0) is 11.1. The maximum Gasteiger partial charge on any atom is 0.00187 e. The highest BCUT2D eigenvalue weighted by atomic mass is 15.1. The normalized spacial score (nSPS) is 10.9. The van der Waals surface area contributed by atoms with Gasteiger partial charge in [0.1, 0.15) is 0 Å². The van der Waals surface area contributed by atoms with Gasteiger partial charge in [-0.3, -0.25) is 0 Å². The molecule has 0 aliphatic rings. The van der Waals surface area contributed by atoms with Crippen molar-refractivity contribution < 1.29 is 0 Å². The van der Waals surface area contributed by atoms with E-state index in [1.807, 2.05) is 0 Å². The van der Waals surface area contributed by atoms with Gasteiger partial charge in [0.2, 0.25) is 0 Å². The van der Waals surface area contributed by atoms with E-state index in [1.165, 1.54) is 11.1 Å². The summed E-state index contributed by atoms with van der Waals surface area (Å²) in [5, 5.41) is 0. The third-order valence-corrected chi connectivity index (χ3v) is 2.78. The third-order valence-electron chi connectivity index (χ3n) is 2.78. The van der Waals surface area contributed by atoms with Crippen LogP contribution in [0.25, 0.3) is 0 Å². The van der Waals surface area contributed by atoms with E-state index in [0.29, 0.717) is 0 Å². The topological polar surface area (TPSA) is 29.3 Å². The number of likely N-dealkylation sites (N-methyl/N-ethyl adjacent to an activating group) is 1. The zero-order valence-electron chi connectivity index (χ0n) is 9.87. The molecule has 0 bridgehead atoms. The van der Waals surface area contributed by atoms with Gasteiger partial charge in [-0.15, -0.1) is 0 Å². The lowest BCUT2D eigenvalue weighted by atomic mass is 10.1. The van der Waals surface area contributed by atoms with E-state index in [2.05, 4.69) is 43.1 Å². The van der Waals surface area contributed by atoms with Crippen LogP contribution >= 0.6 is 0 Å². The van der Waals surface area contributed by atoms with Gasteiger partial charge in [-0.25, -0.2) is 0 Å². The molecule has 1 aromatic rings. The standard InChI is InChI=1S/C13H22N2/c1-3-15(2)11-9-13-6-4-12(5-7-13)8-10-14/h4-7H,3,8-11,14H2,1-2H3. The van der Waals surface area contributed by atoms with Gasteiger partial charge < -0.3 is 10.6 Å². The van der Waals surface area contributed by atoms with E-state index in [9.17, 15) is 0 Å². The lowest BCUT2D eigenvalue weighted by molar-refractivity contribution is 0.357. The van der Waals surface area contributed by atoms with Crippen molar-refractivity contribution in [3.8, 4) is 0 Å². The molecular formula is C13H22N2. The lowest BCUT2D eigenvalue weighted by Gasteiger charge is -2.13. The third kappa shape index (κ3) is 4.45. The molecule has 0 amide bonds. The van der Waals surface area contributed by atoms with Crippen LogP contribution in [0, 0.1) is 0 Å². The summed E-state index contributed by atoms with van der Waals surface area (Å²) in [5.41, 5.74) is 8.26. The van der Waals surface area contributed by atoms with Crippen molar-refractivity contribution in [3.63, 3.8) is 0 Å². The van der Waals surface area contributed by atoms with Gasteiger partial charge in [0.15, 0.2) is 0 Å². The highest BCUT2D eigenvalue weighted by Gasteiger charge is 1.97. The molecule has 0 radical (unpaired) electrons. The molecule has 0 fully saturated rings. The Morgan fingerprint density at radius 1 is 1.07 bits per heavy atom. The molecule has 15 heavy (non-hydrogen) atoms. The van der Waals surface area contributed by atoms with Crippen molar-refractivity contribution in [1.82, 2.24) is 4.90 Å². The van der Waals surface area contributed by atoms with Gasteiger partial charge in [-0.1, -0.05) is 31.2 Å². The fourth-order valence-electron chi connectivity index (χ4n) is 1.52. The van der Waals surface area contributed by atoms with Crippen molar-refractivity contribution in [3.05, 3.63) is 35.4 Å². The smallest absolute Gasteiger partial charge is 0.00187 e. The SMILES string of the molecule is CCN(C)CCc1ccc(CCN)cc1. The first kappa shape index (κ1) is 12.2. The van der Waals surface area contributed by atoms with Crippen molar-refractivity contribution >= 4 is 0 Å². The molecule has 84 valence electrons. The molecule has 0 aliphatic carbocycles. The Hall–Kier alpha value is -0.860. The minimum Gasteiger partial charge on any atom is -0.330 e. The Morgan fingerprint density at radius 2 is 1.60 bits per heavy atom. The minimum absolute atomic E-state index is 0.734. The first-order chi connectivity index (χ1) is 7.26. The molecule has 0 unspecified atom stereocenters. The fourth-order valence-corrected chi connectivity index (χ4v) is 1.52. The molecule has 0 aliphatic heterocycles. The van der Waals surface area contributed by atoms with Gasteiger partial charge in [0.05, 0.1) is 0 Å². The average molecular weight is 206 g/mol. The summed E-state index contributed by atoms with van der Waals surface area (Å²) in [6, 6.07) is 8.81. The Labute approximate surface area is 93.1 Å². The Kier molecular flexibility index (Phi) is 5.37. The summed E-state index contributed by atoms with van der Waals surface area (Å²) < 4.78 is 0. The number of benzene rings is 1. The monoisotopic (exact) mass is 206 g/mol. The second-order valence-corrected chi connectivity index (χ2v) is 4.00. The summed E-state index contributed by atoms with van der Waals surface area (Å²) in [6.45, 7) is 5.17. The lowest BCUT2D eigenvalue weighted by Crippen LogP contribution is -2.20. The van der Waals surface area contributed by atoms with Gasteiger partial charge in [-0.2, -0.15) is 0 Å². The van der Waals surface area contributed by atoms with E-state index in [-0.39, 0.29) is 0 Å². The molecule has 1 rings (SSSR count). The van der Waals surface area contributed by atoms with E-state index in [1.54, 1.807) is 0 Å². The molecule has 2 nitrogen and oxygen atoms in total. The minimum atomic E-state index is 0.734. The van der Waals surface area contributed by atoms with Crippen LogP contribution in [0.1, 0.15) is 18.1 Å². The van der Waals surface area contributed by atoms with Gasteiger partial charge >= 0.3 is 0 Å². The Bertz CT molecular complexity index is 266. The number of rotatable bonds is 6. The van der Waals surface area contributed by atoms with Gasteiger partial charge in [0, 0.05) is 6.54 Å². The number of nitrogens with two attached hydrogens (primary N) is 1. The van der Waals surface area contributed by atoms with Gasteiger partial charge in [0.25, 0.3) is 0 Å². The van der Waals surface area contributed by atoms with E-state index < -0.39 is 0 Å². The Morgan fingerprint density at radius 3 is 2.07 bits per heavy atom. The average Bonchev–Trinajstić information content (AvgIpc) is 2.28. The van der Waals surface area contributed by atoms with Crippen molar-refractivity contribution in [2.75, 3.05) is 26.7 Å². The van der Waals surface area contributed by atoms with Crippen LogP contribution in [-0.4, -0.2) is 31.6 Å². The summed E-state index contributed by atoms with van der Waals surface area (Å²) in [6.07, 6.45) is 2.11. The van der Waals surface area contributed by atoms with Crippen LogP contribution in [0.3, 0.4) is 0 Å². The van der Waals surface area contributed by atoms with Gasteiger partial charge in [-0.05, 0) is 44.1 Å². The van der Waals surface area contributed by atoms with E-state index >= 15 is 0 Å². The molecule has 0 heterocycles. The number of nitrogens with zero attached hydrogens (tertiary/aromatic N) is 1. The summed E-state index contributed by atoms with van der Waals surface area (Å²) in [5.74, 6) is 0. The van der Waals surface area contributed by atoms with E-state index in [0.717, 1.165) is 32.5 Å². The second-order valence-electron chi connectivity index (χ2n) is 4.00. The highest BCUT2D eigenvalue weighted by molar-refractivity contribution is 5.23. The van der Waals surface area contributed by atoms with Crippen LogP contribution in [0.15, 0.2) is 24.3 Å². The molecule has 0 aromatic heterocycles. The van der Waals surface area contributed by atoms with Crippen molar-refractivity contribution in [2.24, 2.45) is 5.73 Å². The summed E-state index contributed by atoms with van der Waals surface area (Å²) >= 11 is 0. The predicted octanol–water partition coefficient (Wildman–Crippen LogP) is 1.68. The molecule has 2 N–H and O–H groups in total. The molecule has 0 saturated heterocycles. The maximum atomic E-state index is 5.51. The van der Waals surface area contributed by atoms with Crippen LogP contribution in [0.2, 0.25) is 0 Å². The van der Waals surface area contributed by atoms with Crippen molar-refractivity contribution in [2.45, 2.75) is 19.8 Å². The molecule has 0 atom stereocenters. The largest absolute Gasteiger partial charge is 0.330 e. The second kappa shape index (κ2) is 6.59. The molecular weight excluding hydrogens is 184 g/mol. The number of hydrogen-bond donors (Lipinski definition) is 1. The first-order valence-corrected chi connectivity index (χ1v) is 5.72. The molecule has 1 aromatic carbocycles. The maximum absolute atomic E-state index is 5.51. The van der Waals surface area contributed by atoms with Crippen molar-refractivity contribution in [1.29, 1.82) is 0 Å². The van der Waals surface area contributed by atoms with Crippen LogP contribution < -0.4 is 5.73 Å². The van der Waals surface area contributed by atoms with Crippen LogP contribution in [-0.2, 0) is 12.8 Å². The summed E-state index contributed by atoms with van der Waals surface area (Å²) in [4.78, 5) is 2.33. The molecule has 0 spiro atoms. The molecule has 0 saturated carbocycles. The van der Waals surface area contributed by atoms with Crippen LogP contribution in [0.4, 0.5) is 0 Å². The quantitative estimate of drug-likeness (QED) is 0.767. The highest BCUT2D eigenvalue weighted by Crippen LogP contribution is 2.05. The van der Waals surface area contributed by atoms with E-state index in [4.69, 9.17) is 5.73 Å².